The molecule has 0 N–H and O–H groups in total. The molecule has 3 aromatic rings. The largest absolute Gasteiger partial charge is 0.341 e. The Labute approximate surface area is 200 Å². The molecule has 1 saturated heterocycles. The first-order chi connectivity index (χ1) is 16.4. The Kier molecular flexibility index (Phi) is 7.40. The van der Waals surface area contributed by atoms with E-state index in [0.717, 1.165) is 17.5 Å². The lowest BCUT2D eigenvalue weighted by atomic mass is 10.0. The van der Waals surface area contributed by atoms with Crippen molar-refractivity contribution in [3.8, 4) is 11.4 Å². The summed E-state index contributed by atoms with van der Waals surface area (Å²) in [6, 6.07) is 15.8. The van der Waals surface area contributed by atoms with Gasteiger partial charge in [0.25, 0.3) is 5.91 Å². The molecule has 1 aliphatic rings. The zero-order valence-corrected chi connectivity index (χ0v) is 20.2. The van der Waals surface area contributed by atoms with Crippen LogP contribution in [0.1, 0.15) is 60.0 Å². The van der Waals surface area contributed by atoms with Crippen molar-refractivity contribution in [2.75, 3.05) is 26.2 Å². The van der Waals surface area contributed by atoms with E-state index in [-0.39, 0.29) is 11.8 Å². The third-order valence-electron chi connectivity index (χ3n) is 6.26. The van der Waals surface area contributed by atoms with Gasteiger partial charge in [-0.05, 0) is 37.0 Å². The molecule has 2 aromatic carbocycles. The van der Waals surface area contributed by atoms with E-state index in [0.29, 0.717) is 62.2 Å². The number of carbonyl (C=O) groups excluding carboxylic acids is 2. The maximum absolute atomic E-state index is 12.9. The van der Waals surface area contributed by atoms with Gasteiger partial charge in [-0.25, -0.2) is 0 Å². The molecule has 0 spiro atoms. The van der Waals surface area contributed by atoms with Crippen molar-refractivity contribution in [3.05, 3.63) is 71.1 Å². The topological polar surface area (TPSA) is 79.5 Å². The number of aryl methyl sites for hydroxylation is 2. The molecule has 1 aliphatic heterocycles. The molecule has 0 bridgehead atoms. The van der Waals surface area contributed by atoms with E-state index in [1.165, 1.54) is 5.56 Å². The van der Waals surface area contributed by atoms with Crippen molar-refractivity contribution in [1.82, 2.24) is 19.9 Å². The van der Waals surface area contributed by atoms with Crippen molar-refractivity contribution in [3.63, 3.8) is 0 Å². The number of carbonyl (C=O) groups is 2. The van der Waals surface area contributed by atoms with Crippen LogP contribution < -0.4 is 0 Å². The van der Waals surface area contributed by atoms with Gasteiger partial charge in [0.1, 0.15) is 0 Å². The minimum Gasteiger partial charge on any atom is -0.341 e. The highest BCUT2D eigenvalue weighted by Gasteiger charge is 2.23. The summed E-state index contributed by atoms with van der Waals surface area (Å²) in [5.74, 6) is 1.54. The second-order valence-electron chi connectivity index (χ2n) is 9.18. The Morgan fingerprint density at radius 1 is 1.00 bits per heavy atom. The van der Waals surface area contributed by atoms with Crippen LogP contribution in [0.25, 0.3) is 11.4 Å². The predicted octanol–water partition coefficient (Wildman–Crippen LogP) is 4.48. The number of hydrogen-bond donors (Lipinski definition) is 0. The highest BCUT2D eigenvalue weighted by atomic mass is 16.5. The van der Waals surface area contributed by atoms with Crippen molar-refractivity contribution in [1.29, 1.82) is 0 Å². The molecule has 0 saturated carbocycles. The van der Waals surface area contributed by atoms with Crippen LogP contribution >= 0.6 is 0 Å². The number of rotatable bonds is 6. The van der Waals surface area contributed by atoms with Crippen LogP contribution in [-0.2, 0) is 11.2 Å². The molecular weight excluding hydrogens is 428 g/mol. The zero-order chi connectivity index (χ0) is 24.1. The molecule has 2 amide bonds. The van der Waals surface area contributed by atoms with E-state index >= 15 is 0 Å². The molecular formula is C27H32N4O3. The van der Waals surface area contributed by atoms with Gasteiger partial charge in [0, 0.05) is 50.1 Å². The standard InChI is InChI=1S/C27H32N4O3/c1-19(2)21-8-10-22(11-9-21)26-28-24(34-29-26)12-13-25(32)30-14-5-15-31(17-16-30)27(33)23-7-4-6-20(3)18-23/h4,6-11,18-19H,5,12-17H2,1-3H3. The van der Waals surface area contributed by atoms with E-state index in [1.54, 1.807) is 0 Å². The molecule has 4 rings (SSSR count). The zero-order valence-electron chi connectivity index (χ0n) is 20.2. The number of amides is 2. The lowest BCUT2D eigenvalue weighted by molar-refractivity contribution is -0.131. The summed E-state index contributed by atoms with van der Waals surface area (Å²) in [6.07, 6.45) is 1.47. The maximum Gasteiger partial charge on any atom is 0.253 e. The number of nitrogens with zero attached hydrogens (tertiary/aromatic N) is 4. The SMILES string of the molecule is Cc1cccc(C(=O)N2CCCN(C(=O)CCc3nc(-c4ccc(C(C)C)cc4)no3)CC2)c1. The van der Waals surface area contributed by atoms with Crippen LogP contribution in [0.4, 0.5) is 0 Å². The van der Waals surface area contributed by atoms with Crippen molar-refractivity contribution in [2.45, 2.75) is 46.0 Å². The third-order valence-corrected chi connectivity index (χ3v) is 6.26. The smallest absolute Gasteiger partial charge is 0.253 e. The fourth-order valence-corrected chi connectivity index (χ4v) is 4.19. The van der Waals surface area contributed by atoms with Crippen LogP contribution in [0, 0.1) is 6.92 Å². The number of aromatic nitrogens is 2. The van der Waals surface area contributed by atoms with Crippen LogP contribution in [0.2, 0.25) is 0 Å². The summed E-state index contributed by atoms with van der Waals surface area (Å²) in [5, 5.41) is 4.08. The second kappa shape index (κ2) is 10.6. The number of benzene rings is 2. The average Bonchev–Trinajstić information content (AvgIpc) is 3.18. The van der Waals surface area contributed by atoms with Gasteiger partial charge in [-0.2, -0.15) is 4.98 Å². The molecule has 1 aromatic heterocycles. The fraction of sp³-hybridized carbons (Fsp3) is 0.407. The van der Waals surface area contributed by atoms with Crippen molar-refractivity contribution in [2.24, 2.45) is 0 Å². The normalized spacial score (nSPS) is 14.4. The van der Waals surface area contributed by atoms with E-state index < -0.39 is 0 Å². The van der Waals surface area contributed by atoms with E-state index in [1.807, 2.05) is 53.1 Å². The summed E-state index contributed by atoms with van der Waals surface area (Å²) in [7, 11) is 0. The van der Waals surface area contributed by atoms with Crippen molar-refractivity contribution >= 4 is 11.8 Å². The molecule has 0 radical (unpaired) electrons. The first kappa shape index (κ1) is 23.7. The van der Waals surface area contributed by atoms with Crippen molar-refractivity contribution < 1.29 is 14.1 Å². The molecule has 1 fully saturated rings. The molecule has 34 heavy (non-hydrogen) atoms. The summed E-state index contributed by atoms with van der Waals surface area (Å²) in [5.41, 5.74) is 3.92. The van der Waals surface area contributed by atoms with Gasteiger partial charge in [0.2, 0.25) is 17.6 Å². The fourth-order valence-electron chi connectivity index (χ4n) is 4.19. The monoisotopic (exact) mass is 460 g/mol. The predicted molar refractivity (Wildman–Crippen MR) is 130 cm³/mol. The first-order valence-corrected chi connectivity index (χ1v) is 12.0. The Morgan fingerprint density at radius 2 is 1.74 bits per heavy atom. The van der Waals surface area contributed by atoms with E-state index in [2.05, 4.69) is 36.1 Å². The second-order valence-corrected chi connectivity index (χ2v) is 9.18. The molecule has 7 nitrogen and oxygen atoms in total. The third kappa shape index (κ3) is 5.71. The first-order valence-electron chi connectivity index (χ1n) is 12.0. The van der Waals surface area contributed by atoms with Gasteiger partial charge in [-0.1, -0.05) is 61.0 Å². The highest BCUT2D eigenvalue weighted by molar-refractivity contribution is 5.94. The van der Waals surface area contributed by atoms with Gasteiger partial charge < -0.3 is 14.3 Å². The minimum atomic E-state index is 0.0258. The van der Waals surface area contributed by atoms with Gasteiger partial charge in [-0.15, -0.1) is 0 Å². The number of hydrogen-bond acceptors (Lipinski definition) is 5. The van der Waals surface area contributed by atoms with Gasteiger partial charge >= 0.3 is 0 Å². The lowest BCUT2D eigenvalue weighted by Gasteiger charge is -2.22. The van der Waals surface area contributed by atoms with Crippen LogP contribution in [0.15, 0.2) is 53.1 Å². The van der Waals surface area contributed by atoms with E-state index in [4.69, 9.17) is 4.52 Å². The summed E-state index contributed by atoms with van der Waals surface area (Å²) >= 11 is 0. The van der Waals surface area contributed by atoms with Crippen LogP contribution in [0.3, 0.4) is 0 Å². The molecule has 0 unspecified atom stereocenters. The molecule has 2 heterocycles. The summed E-state index contributed by atoms with van der Waals surface area (Å²) < 4.78 is 5.38. The molecule has 178 valence electrons. The van der Waals surface area contributed by atoms with Crippen LogP contribution in [-0.4, -0.2) is 57.9 Å². The molecule has 0 aliphatic carbocycles. The summed E-state index contributed by atoms with van der Waals surface area (Å²) in [6.45, 7) is 8.66. The van der Waals surface area contributed by atoms with Gasteiger partial charge in [-0.3, -0.25) is 9.59 Å². The molecule has 0 atom stereocenters. The highest BCUT2D eigenvalue weighted by Crippen LogP contribution is 2.21. The summed E-state index contributed by atoms with van der Waals surface area (Å²) in [4.78, 5) is 33.8. The Morgan fingerprint density at radius 3 is 2.47 bits per heavy atom. The lowest BCUT2D eigenvalue weighted by Crippen LogP contribution is -2.37. The Balaban J connectivity index is 1.29. The maximum atomic E-state index is 12.9. The molecule has 7 heteroatoms. The van der Waals surface area contributed by atoms with Crippen LogP contribution in [0.5, 0.6) is 0 Å². The Bertz CT molecular complexity index is 1140. The Hall–Kier alpha value is -3.48. The quantitative estimate of drug-likeness (QED) is 0.542. The average molecular weight is 461 g/mol. The minimum absolute atomic E-state index is 0.0258. The van der Waals surface area contributed by atoms with E-state index in [9.17, 15) is 9.59 Å². The van der Waals surface area contributed by atoms with Gasteiger partial charge in [0.15, 0.2) is 0 Å². The van der Waals surface area contributed by atoms with Gasteiger partial charge in [0.05, 0.1) is 0 Å².